The third kappa shape index (κ3) is 55.5. The van der Waals surface area contributed by atoms with E-state index in [4.69, 9.17) is 4.74 Å². The normalized spacial score (nSPS) is 12.7. The molecular weight excluding hydrogens is 851 g/mol. The van der Waals surface area contributed by atoms with Crippen molar-refractivity contribution in [3.05, 3.63) is 24.3 Å². The molecule has 0 radical (unpaired) electrons. The Morgan fingerprint density at radius 1 is 0.391 bits per heavy atom. The van der Waals surface area contributed by atoms with Crippen LogP contribution in [0.4, 0.5) is 0 Å². The Bertz CT molecular complexity index is 1080. The predicted molar refractivity (Wildman–Crippen MR) is 301 cm³/mol. The lowest BCUT2D eigenvalue weighted by Gasteiger charge is -2.22. The summed E-state index contributed by atoms with van der Waals surface area (Å²) < 4.78 is 5.50. The SMILES string of the molecule is CCCCCCCC/C=C\CCCCCCCCCCCC(=O)OCCCCCCCCCCCCCC/C=C\CCCCCCCCCC(=O)NC(CO)C(O)CCCCCCCCCCCC. The van der Waals surface area contributed by atoms with Gasteiger partial charge in [-0.15, -0.1) is 0 Å². The van der Waals surface area contributed by atoms with Crippen LogP contribution in [0.5, 0.6) is 0 Å². The van der Waals surface area contributed by atoms with E-state index >= 15 is 0 Å². The Balaban J connectivity index is 3.36. The second-order valence-corrected chi connectivity index (χ2v) is 21.4. The fourth-order valence-corrected chi connectivity index (χ4v) is 9.69. The average molecular weight is 973 g/mol. The van der Waals surface area contributed by atoms with Gasteiger partial charge in [0.15, 0.2) is 0 Å². The Morgan fingerprint density at radius 3 is 1.03 bits per heavy atom. The summed E-state index contributed by atoms with van der Waals surface area (Å²) in [4.78, 5) is 24.5. The van der Waals surface area contributed by atoms with Gasteiger partial charge in [0.1, 0.15) is 0 Å². The number of carbonyl (C=O) groups is 2. The standard InChI is InChI=1S/C63H121NO5/c1-3-5-7-9-11-13-15-16-17-18-24-28-31-34-37-41-45-49-53-57-63(68)69-58-54-50-46-42-38-35-32-29-26-23-21-19-20-22-25-27-30-33-36-40-44-48-52-56-62(67)64-60(59-65)61(66)55-51-47-43-39-14-12-10-8-6-4-2/h16-17,22,25,60-61,65-66H,3-15,18-21,23-24,26-59H2,1-2H3,(H,64,67)/b17-16-,25-22-. The van der Waals surface area contributed by atoms with Crippen LogP contribution in [-0.2, 0) is 14.3 Å². The van der Waals surface area contributed by atoms with Gasteiger partial charge in [0.05, 0.1) is 25.4 Å². The molecule has 0 spiro atoms. The number of ether oxygens (including phenoxy) is 1. The van der Waals surface area contributed by atoms with E-state index in [0.29, 0.717) is 25.9 Å². The van der Waals surface area contributed by atoms with Gasteiger partial charge in [0.25, 0.3) is 0 Å². The van der Waals surface area contributed by atoms with Crippen molar-refractivity contribution < 1.29 is 24.5 Å². The largest absolute Gasteiger partial charge is 0.466 e. The van der Waals surface area contributed by atoms with Gasteiger partial charge in [-0.3, -0.25) is 9.59 Å². The first-order valence-corrected chi connectivity index (χ1v) is 31.1. The summed E-state index contributed by atoms with van der Waals surface area (Å²) in [6, 6.07) is -0.544. The van der Waals surface area contributed by atoms with Gasteiger partial charge in [-0.2, -0.15) is 0 Å². The number of esters is 1. The Morgan fingerprint density at radius 2 is 0.681 bits per heavy atom. The summed E-state index contributed by atoms with van der Waals surface area (Å²) in [5.74, 6) is -0.0308. The average Bonchev–Trinajstić information content (AvgIpc) is 3.35. The van der Waals surface area contributed by atoms with Crippen LogP contribution in [0.25, 0.3) is 0 Å². The molecule has 0 heterocycles. The van der Waals surface area contributed by atoms with E-state index in [-0.39, 0.29) is 18.5 Å². The quantitative estimate of drug-likeness (QED) is 0.0321. The maximum absolute atomic E-state index is 12.4. The number of nitrogens with one attached hydrogen (secondary N) is 1. The smallest absolute Gasteiger partial charge is 0.305 e. The maximum atomic E-state index is 12.4. The summed E-state index contributed by atoms with van der Waals surface area (Å²) in [6.07, 6.45) is 72.0. The van der Waals surface area contributed by atoms with Gasteiger partial charge in [-0.05, 0) is 77.0 Å². The molecule has 0 aliphatic heterocycles. The van der Waals surface area contributed by atoms with Crippen LogP contribution in [0.15, 0.2) is 24.3 Å². The molecule has 0 fully saturated rings. The first-order chi connectivity index (χ1) is 34.0. The summed E-state index contributed by atoms with van der Waals surface area (Å²) in [5, 5.41) is 23.1. The van der Waals surface area contributed by atoms with Crippen molar-refractivity contribution in [3.63, 3.8) is 0 Å². The van der Waals surface area contributed by atoms with Crippen molar-refractivity contribution >= 4 is 11.9 Å². The lowest BCUT2D eigenvalue weighted by atomic mass is 10.0. The van der Waals surface area contributed by atoms with Crippen molar-refractivity contribution in [2.45, 2.75) is 353 Å². The van der Waals surface area contributed by atoms with Crippen LogP contribution in [0.2, 0.25) is 0 Å². The molecule has 0 aliphatic carbocycles. The van der Waals surface area contributed by atoms with Crippen LogP contribution in [0.1, 0.15) is 341 Å². The predicted octanol–water partition coefficient (Wildman–Crippen LogP) is 19.4. The van der Waals surface area contributed by atoms with Crippen LogP contribution in [-0.4, -0.2) is 47.4 Å². The van der Waals surface area contributed by atoms with Gasteiger partial charge in [0, 0.05) is 12.8 Å². The topological polar surface area (TPSA) is 95.9 Å². The maximum Gasteiger partial charge on any atom is 0.305 e. The minimum atomic E-state index is -0.666. The second kappa shape index (κ2) is 58.9. The number of allylic oxidation sites excluding steroid dienone is 4. The second-order valence-electron chi connectivity index (χ2n) is 21.4. The molecule has 0 aromatic rings. The van der Waals surface area contributed by atoms with Gasteiger partial charge >= 0.3 is 5.97 Å². The molecule has 6 nitrogen and oxygen atoms in total. The summed E-state index contributed by atoms with van der Waals surface area (Å²) in [5.41, 5.74) is 0. The number of rotatable bonds is 58. The highest BCUT2D eigenvalue weighted by molar-refractivity contribution is 5.76. The third-order valence-electron chi connectivity index (χ3n) is 14.5. The van der Waals surface area contributed by atoms with E-state index in [1.165, 1.54) is 263 Å². The van der Waals surface area contributed by atoms with Gasteiger partial charge in [0.2, 0.25) is 5.91 Å². The Labute approximate surface area is 431 Å². The van der Waals surface area contributed by atoms with Crippen molar-refractivity contribution in [1.29, 1.82) is 0 Å². The highest BCUT2D eigenvalue weighted by Gasteiger charge is 2.20. The lowest BCUT2D eigenvalue weighted by molar-refractivity contribution is -0.143. The summed E-state index contributed by atoms with van der Waals surface area (Å²) in [7, 11) is 0. The molecule has 0 bridgehead atoms. The Kier molecular flexibility index (Phi) is 57.5. The van der Waals surface area contributed by atoms with E-state index in [2.05, 4.69) is 43.5 Å². The minimum absolute atomic E-state index is 0.0113. The van der Waals surface area contributed by atoms with Crippen LogP contribution < -0.4 is 5.32 Å². The van der Waals surface area contributed by atoms with Crippen molar-refractivity contribution in [2.75, 3.05) is 13.2 Å². The molecule has 0 aliphatic rings. The zero-order valence-electron chi connectivity index (χ0n) is 46.6. The van der Waals surface area contributed by atoms with Crippen LogP contribution >= 0.6 is 0 Å². The first kappa shape index (κ1) is 67.3. The molecule has 0 saturated heterocycles. The molecule has 1 amide bonds. The molecule has 2 atom stereocenters. The molecule has 0 rings (SSSR count). The Hall–Kier alpha value is -1.66. The number of amides is 1. The monoisotopic (exact) mass is 972 g/mol. The van der Waals surface area contributed by atoms with Gasteiger partial charge < -0.3 is 20.3 Å². The van der Waals surface area contributed by atoms with Gasteiger partial charge in [-0.1, -0.05) is 276 Å². The zero-order valence-corrected chi connectivity index (χ0v) is 46.6. The molecule has 0 aromatic carbocycles. The highest BCUT2D eigenvalue weighted by Crippen LogP contribution is 2.17. The third-order valence-corrected chi connectivity index (χ3v) is 14.5. The van der Waals surface area contributed by atoms with Gasteiger partial charge in [-0.25, -0.2) is 0 Å². The number of unbranched alkanes of at least 4 members (excludes halogenated alkanes) is 43. The van der Waals surface area contributed by atoms with E-state index in [9.17, 15) is 19.8 Å². The minimum Gasteiger partial charge on any atom is -0.466 e. The molecule has 6 heteroatoms. The molecule has 2 unspecified atom stereocenters. The molecule has 3 N–H and O–H groups in total. The van der Waals surface area contributed by atoms with Crippen molar-refractivity contribution in [1.82, 2.24) is 5.32 Å². The molecule has 0 saturated carbocycles. The molecule has 0 aromatic heterocycles. The molecular formula is C63H121NO5. The number of aliphatic hydroxyl groups is 2. The van der Waals surface area contributed by atoms with E-state index in [0.717, 1.165) is 44.9 Å². The van der Waals surface area contributed by atoms with Crippen molar-refractivity contribution in [3.8, 4) is 0 Å². The van der Waals surface area contributed by atoms with E-state index in [1.807, 2.05) is 0 Å². The fraction of sp³-hybridized carbons (Fsp3) is 0.905. The van der Waals surface area contributed by atoms with E-state index < -0.39 is 12.1 Å². The highest BCUT2D eigenvalue weighted by atomic mass is 16.5. The zero-order chi connectivity index (χ0) is 50.0. The molecule has 408 valence electrons. The fourth-order valence-electron chi connectivity index (χ4n) is 9.69. The molecule has 69 heavy (non-hydrogen) atoms. The summed E-state index contributed by atoms with van der Waals surface area (Å²) >= 11 is 0. The summed E-state index contributed by atoms with van der Waals surface area (Å²) in [6.45, 7) is 4.95. The number of carbonyl (C=O) groups excluding carboxylic acids is 2. The first-order valence-electron chi connectivity index (χ1n) is 31.1. The number of hydrogen-bond donors (Lipinski definition) is 3. The van der Waals surface area contributed by atoms with Crippen LogP contribution in [0, 0.1) is 0 Å². The van der Waals surface area contributed by atoms with E-state index in [1.54, 1.807) is 0 Å². The lowest BCUT2D eigenvalue weighted by Crippen LogP contribution is -2.45. The number of aliphatic hydroxyl groups excluding tert-OH is 2. The number of hydrogen-bond acceptors (Lipinski definition) is 5. The van der Waals surface area contributed by atoms with Crippen LogP contribution in [0.3, 0.4) is 0 Å². The van der Waals surface area contributed by atoms with Crippen molar-refractivity contribution in [2.24, 2.45) is 0 Å².